The molecule has 0 bridgehead atoms. The zero-order valence-electron chi connectivity index (χ0n) is 15.3. The van der Waals surface area contributed by atoms with Gasteiger partial charge in [-0.25, -0.2) is 5.01 Å². The minimum Gasteiger partial charge on any atom is -0.491 e. The summed E-state index contributed by atoms with van der Waals surface area (Å²) in [5.41, 5.74) is 9.14. The molecule has 0 radical (unpaired) electrons. The minimum absolute atomic E-state index is 0.0459. The molecule has 0 aliphatic carbocycles. The number of likely N-dealkylation sites (N-methyl/N-ethyl adjacent to an activating group) is 1. The van der Waals surface area contributed by atoms with E-state index in [1.807, 2.05) is 24.2 Å². The fourth-order valence-electron chi connectivity index (χ4n) is 2.59. The van der Waals surface area contributed by atoms with Crippen LogP contribution in [-0.4, -0.2) is 73.1 Å². The van der Waals surface area contributed by atoms with Gasteiger partial charge < -0.3 is 20.6 Å². The molecule has 1 fully saturated rings. The summed E-state index contributed by atoms with van der Waals surface area (Å²) in [5, 5.41) is 14.3. The number of carbonyl (C=O) groups is 1. The number of nitrogens with one attached hydrogen (secondary N) is 1. The van der Waals surface area contributed by atoms with E-state index >= 15 is 0 Å². The molecule has 1 saturated heterocycles. The first-order valence-corrected chi connectivity index (χ1v) is 10.3. The number of oxime groups is 1. The van der Waals surface area contributed by atoms with E-state index in [1.54, 1.807) is 0 Å². The van der Waals surface area contributed by atoms with Crippen LogP contribution in [0.15, 0.2) is 26.2 Å². The van der Waals surface area contributed by atoms with Crippen molar-refractivity contribution in [2.24, 2.45) is 10.9 Å². The Labute approximate surface area is 175 Å². The molecule has 1 aliphatic heterocycles. The number of ether oxygens (including phenoxy) is 1. The van der Waals surface area contributed by atoms with E-state index in [0.717, 1.165) is 47.1 Å². The molecule has 1 heterocycles. The number of halogens is 2. The summed E-state index contributed by atoms with van der Waals surface area (Å²) in [4.78, 5) is 14.6. The van der Waals surface area contributed by atoms with E-state index in [9.17, 15) is 10.0 Å². The van der Waals surface area contributed by atoms with Gasteiger partial charge in [-0.05, 0) is 69.6 Å². The van der Waals surface area contributed by atoms with Crippen molar-refractivity contribution in [2.75, 3.05) is 46.4 Å². The quantitative estimate of drug-likeness (QED) is 0.214. The lowest BCUT2D eigenvalue weighted by atomic mass is 10.1. The molecule has 0 spiro atoms. The Morgan fingerprint density at radius 2 is 1.93 bits per heavy atom. The van der Waals surface area contributed by atoms with Crippen LogP contribution < -0.4 is 15.9 Å². The Kier molecular flexibility index (Phi) is 8.97. The van der Waals surface area contributed by atoms with Crippen LogP contribution in [0.5, 0.6) is 5.75 Å². The van der Waals surface area contributed by atoms with Crippen molar-refractivity contribution >= 4 is 43.5 Å². The van der Waals surface area contributed by atoms with Gasteiger partial charge >= 0.3 is 0 Å². The summed E-state index contributed by atoms with van der Waals surface area (Å²) in [7, 11) is 2.04. The lowest BCUT2D eigenvalue weighted by Gasteiger charge is -2.32. The second-order valence-electron chi connectivity index (χ2n) is 6.33. The Hall–Kier alpha value is -1.20. The molecule has 150 valence electrons. The first-order chi connectivity index (χ1) is 12.9. The van der Waals surface area contributed by atoms with Crippen LogP contribution in [0, 0.1) is 0 Å². The number of amides is 1. The standard InChI is InChI=1S/C17H25Br2N5O3/c1-23-4-6-24(7-5-23)21-17(25)15(22-26)11-12-9-13(18)16(14(19)10-12)27-8-2-3-20/h9-10,26H,2-8,11,20H2,1H3,(H,21,25)/b22-15-. The van der Waals surface area contributed by atoms with Crippen molar-refractivity contribution < 1.29 is 14.7 Å². The molecule has 1 aliphatic rings. The molecule has 0 atom stereocenters. The van der Waals surface area contributed by atoms with Crippen molar-refractivity contribution in [3.63, 3.8) is 0 Å². The second kappa shape index (κ2) is 11.0. The minimum atomic E-state index is -0.405. The SMILES string of the molecule is CN1CCN(NC(=O)/C(Cc2cc(Br)c(OCCCN)c(Br)c2)=N\O)CC1. The number of piperazine rings is 1. The fourth-order valence-corrected chi connectivity index (χ4v) is 4.10. The normalized spacial score (nSPS) is 16.4. The maximum atomic E-state index is 12.4. The summed E-state index contributed by atoms with van der Waals surface area (Å²) >= 11 is 6.96. The highest BCUT2D eigenvalue weighted by Crippen LogP contribution is 2.35. The Morgan fingerprint density at radius 3 is 2.48 bits per heavy atom. The topological polar surface area (TPSA) is 103 Å². The lowest BCUT2D eigenvalue weighted by Crippen LogP contribution is -2.54. The zero-order chi connectivity index (χ0) is 19.8. The average molecular weight is 507 g/mol. The summed E-state index contributed by atoms with van der Waals surface area (Å²) in [6.45, 7) is 4.28. The summed E-state index contributed by atoms with van der Waals surface area (Å²) < 4.78 is 7.21. The molecule has 10 heteroatoms. The maximum absolute atomic E-state index is 12.4. The van der Waals surface area contributed by atoms with Crippen LogP contribution in [0.25, 0.3) is 0 Å². The molecule has 0 unspecified atom stereocenters. The Balaban J connectivity index is 2.00. The Morgan fingerprint density at radius 1 is 1.30 bits per heavy atom. The number of rotatable bonds is 8. The average Bonchev–Trinajstić information content (AvgIpc) is 2.63. The van der Waals surface area contributed by atoms with Gasteiger partial charge in [0.05, 0.1) is 15.6 Å². The van der Waals surface area contributed by atoms with Gasteiger partial charge in [0.1, 0.15) is 11.5 Å². The van der Waals surface area contributed by atoms with Gasteiger partial charge in [0.15, 0.2) is 0 Å². The Bertz CT molecular complexity index is 656. The van der Waals surface area contributed by atoms with E-state index < -0.39 is 5.91 Å². The van der Waals surface area contributed by atoms with Crippen molar-refractivity contribution in [2.45, 2.75) is 12.8 Å². The van der Waals surface area contributed by atoms with Gasteiger partial charge in [0.25, 0.3) is 5.91 Å². The van der Waals surface area contributed by atoms with E-state index in [-0.39, 0.29) is 12.1 Å². The number of hydrogen-bond acceptors (Lipinski definition) is 7. The van der Waals surface area contributed by atoms with Gasteiger partial charge in [-0.2, -0.15) is 0 Å². The largest absolute Gasteiger partial charge is 0.491 e. The van der Waals surface area contributed by atoms with Gasteiger partial charge in [0, 0.05) is 32.6 Å². The molecule has 0 aromatic heterocycles. The number of nitrogens with two attached hydrogens (primary N) is 1. The first-order valence-electron chi connectivity index (χ1n) is 8.70. The van der Waals surface area contributed by atoms with Gasteiger partial charge in [-0.1, -0.05) is 5.16 Å². The van der Waals surface area contributed by atoms with Gasteiger partial charge in [0.2, 0.25) is 0 Å². The summed E-state index contributed by atoms with van der Waals surface area (Å²) in [5.74, 6) is 0.272. The second-order valence-corrected chi connectivity index (χ2v) is 8.04. The molecule has 1 amide bonds. The van der Waals surface area contributed by atoms with Gasteiger partial charge in [-0.15, -0.1) is 0 Å². The molecule has 8 nitrogen and oxygen atoms in total. The molecule has 27 heavy (non-hydrogen) atoms. The molecular formula is C17H25Br2N5O3. The molecule has 0 saturated carbocycles. The summed E-state index contributed by atoms with van der Waals surface area (Å²) in [6, 6.07) is 3.69. The number of carbonyl (C=O) groups excluding carboxylic acids is 1. The highest BCUT2D eigenvalue weighted by Gasteiger charge is 2.20. The van der Waals surface area contributed by atoms with Gasteiger partial charge in [-0.3, -0.25) is 10.2 Å². The van der Waals surface area contributed by atoms with Crippen LogP contribution in [0.3, 0.4) is 0 Å². The number of hydrogen-bond donors (Lipinski definition) is 3. The van der Waals surface area contributed by atoms with Crippen molar-refractivity contribution in [3.8, 4) is 5.75 Å². The molecular weight excluding hydrogens is 482 g/mol. The molecule has 2 rings (SSSR count). The molecule has 1 aromatic rings. The van der Waals surface area contributed by atoms with Crippen molar-refractivity contribution in [1.29, 1.82) is 0 Å². The van der Waals surface area contributed by atoms with Crippen molar-refractivity contribution in [1.82, 2.24) is 15.3 Å². The third kappa shape index (κ3) is 6.72. The maximum Gasteiger partial charge on any atom is 0.283 e. The third-order valence-corrected chi connectivity index (χ3v) is 5.35. The van der Waals surface area contributed by atoms with Crippen LogP contribution in [0.2, 0.25) is 0 Å². The number of benzene rings is 1. The summed E-state index contributed by atoms with van der Waals surface area (Å²) in [6.07, 6.45) is 0.949. The highest BCUT2D eigenvalue weighted by molar-refractivity contribution is 9.11. The van der Waals surface area contributed by atoms with E-state index in [2.05, 4.69) is 47.3 Å². The van der Waals surface area contributed by atoms with Crippen molar-refractivity contribution in [3.05, 3.63) is 26.6 Å². The van der Waals surface area contributed by atoms with Crippen LogP contribution in [-0.2, 0) is 11.2 Å². The third-order valence-electron chi connectivity index (χ3n) is 4.17. The first kappa shape index (κ1) is 22.1. The number of nitrogens with zero attached hydrogens (tertiary/aromatic N) is 3. The molecule has 1 aromatic carbocycles. The predicted molar refractivity (Wildman–Crippen MR) is 111 cm³/mol. The predicted octanol–water partition coefficient (Wildman–Crippen LogP) is 1.59. The lowest BCUT2D eigenvalue weighted by molar-refractivity contribution is -0.120. The fraction of sp³-hybridized carbons (Fsp3) is 0.529. The van der Waals surface area contributed by atoms with E-state index in [1.165, 1.54) is 0 Å². The van der Waals surface area contributed by atoms with Crippen LogP contribution >= 0.6 is 31.9 Å². The zero-order valence-corrected chi connectivity index (χ0v) is 18.4. The van der Waals surface area contributed by atoms with E-state index in [4.69, 9.17) is 10.5 Å². The smallest absolute Gasteiger partial charge is 0.283 e. The molecule has 4 N–H and O–H groups in total. The highest BCUT2D eigenvalue weighted by atomic mass is 79.9. The van der Waals surface area contributed by atoms with Crippen LogP contribution in [0.1, 0.15) is 12.0 Å². The van der Waals surface area contributed by atoms with Crippen LogP contribution in [0.4, 0.5) is 0 Å². The monoisotopic (exact) mass is 505 g/mol. The van der Waals surface area contributed by atoms with E-state index in [0.29, 0.717) is 18.9 Å². The number of hydrazine groups is 1.